The third kappa shape index (κ3) is 5.13. The van der Waals surface area contributed by atoms with Crippen LogP contribution >= 0.6 is 24.2 Å². The Morgan fingerprint density at radius 2 is 1.78 bits per heavy atom. The highest BCUT2D eigenvalue weighted by Crippen LogP contribution is 2.16. The molecule has 120 valence electrons. The van der Waals surface area contributed by atoms with Crippen molar-refractivity contribution in [1.82, 2.24) is 5.32 Å². The molecule has 0 bridgehead atoms. The van der Waals surface area contributed by atoms with Crippen LogP contribution in [0.3, 0.4) is 0 Å². The molecule has 5 heteroatoms. The molecule has 0 aliphatic carbocycles. The second-order valence-electron chi connectivity index (χ2n) is 4.96. The lowest BCUT2D eigenvalue weighted by Crippen LogP contribution is -2.16. The highest BCUT2D eigenvalue weighted by atomic mass is 35.5. The van der Waals surface area contributed by atoms with Crippen LogP contribution in [0.15, 0.2) is 74.8 Å². The van der Waals surface area contributed by atoms with Crippen LogP contribution in [0, 0.1) is 0 Å². The van der Waals surface area contributed by atoms with E-state index in [2.05, 4.69) is 35.6 Å². The Labute approximate surface area is 145 Å². The van der Waals surface area contributed by atoms with Crippen LogP contribution in [-0.2, 0) is 6.54 Å². The molecule has 1 aromatic heterocycles. The molecule has 2 aromatic carbocycles. The molecule has 3 nitrogen and oxygen atoms in total. The summed E-state index contributed by atoms with van der Waals surface area (Å²) in [7, 11) is 0. The van der Waals surface area contributed by atoms with Gasteiger partial charge in [-0.2, -0.15) is 0 Å². The van der Waals surface area contributed by atoms with Gasteiger partial charge in [0.1, 0.15) is 5.58 Å². The van der Waals surface area contributed by atoms with Crippen LogP contribution < -0.4 is 10.9 Å². The second-order valence-corrected chi connectivity index (χ2v) is 6.13. The molecule has 3 aromatic rings. The minimum Gasteiger partial charge on any atom is -0.423 e. The lowest BCUT2D eigenvalue weighted by Gasteiger charge is -2.06. The third-order valence-electron chi connectivity index (χ3n) is 3.31. The van der Waals surface area contributed by atoms with E-state index < -0.39 is 0 Å². The maximum Gasteiger partial charge on any atom is 0.336 e. The van der Waals surface area contributed by atoms with Gasteiger partial charge >= 0.3 is 5.63 Å². The van der Waals surface area contributed by atoms with E-state index in [0.717, 1.165) is 29.8 Å². The molecule has 0 aliphatic rings. The highest BCUT2D eigenvalue weighted by molar-refractivity contribution is 7.99. The summed E-state index contributed by atoms with van der Waals surface area (Å²) in [6.45, 7) is 1.69. The molecule has 1 N–H and O–H groups in total. The van der Waals surface area contributed by atoms with Crippen molar-refractivity contribution in [3.05, 3.63) is 76.6 Å². The van der Waals surface area contributed by atoms with Gasteiger partial charge in [0.25, 0.3) is 0 Å². The van der Waals surface area contributed by atoms with E-state index in [1.54, 1.807) is 6.07 Å². The second kappa shape index (κ2) is 8.77. The summed E-state index contributed by atoms with van der Waals surface area (Å²) < 4.78 is 5.20. The molecule has 3 rings (SSSR count). The fourth-order valence-electron chi connectivity index (χ4n) is 2.21. The largest absolute Gasteiger partial charge is 0.423 e. The van der Waals surface area contributed by atoms with E-state index in [4.69, 9.17) is 4.42 Å². The molecule has 0 atom stereocenters. The molecule has 0 radical (unpaired) electrons. The van der Waals surface area contributed by atoms with Gasteiger partial charge in [0, 0.05) is 35.2 Å². The van der Waals surface area contributed by atoms with Crippen LogP contribution in [0.2, 0.25) is 0 Å². The maximum atomic E-state index is 11.2. The maximum absolute atomic E-state index is 11.2. The van der Waals surface area contributed by atoms with Crippen LogP contribution in [0.4, 0.5) is 0 Å². The number of halogens is 1. The Kier molecular flexibility index (Phi) is 6.71. The van der Waals surface area contributed by atoms with Gasteiger partial charge in [0.05, 0.1) is 0 Å². The predicted octanol–water partition coefficient (Wildman–Crippen LogP) is 4.10. The Morgan fingerprint density at radius 1 is 1.00 bits per heavy atom. The molecular formula is C18H18ClNO2S. The zero-order valence-electron chi connectivity index (χ0n) is 12.5. The standard InChI is InChI=1S/C18H17NO2S.ClH/c20-18-9-8-15-7-6-14(12-17(15)21-18)13-19-10-11-22-16-4-2-1-3-5-16;/h1-9,12,19H,10-11,13H2;1H. The van der Waals surface area contributed by atoms with Crippen LogP contribution in [0.1, 0.15) is 5.56 Å². The van der Waals surface area contributed by atoms with E-state index in [1.165, 1.54) is 11.0 Å². The Bertz CT molecular complexity index is 805. The molecule has 0 amide bonds. The first-order chi connectivity index (χ1) is 10.8. The lowest BCUT2D eigenvalue weighted by atomic mass is 10.1. The topological polar surface area (TPSA) is 42.2 Å². The van der Waals surface area contributed by atoms with Gasteiger partial charge in [0.2, 0.25) is 0 Å². The summed E-state index contributed by atoms with van der Waals surface area (Å²) in [5, 5.41) is 4.36. The van der Waals surface area contributed by atoms with E-state index in [0.29, 0.717) is 5.58 Å². The zero-order valence-corrected chi connectivity index (χ0v) is 14.2. The predicted molar refractivity (Wildman–Crippen MR) is 98.6 cm³/mol. The molecule has 0 aliphatic heterocycles. The van der Waals surface area contributed by atoms with Gasteiger partial charge in [-0.1, -0.05) is 30.3 Å². The van der Waals surface area contributed by atoms with Crippen molar-refractivity contribution >= 4 is 35.1 Å². The molecule has 0 saturated carbocycles. The van der Waals surface area contributed by atoms with Gasteiger partial charge in [-0.05, 0) is 29.8 Å². The summed E-state index contributed by atoms with van der Waals surface area (Å²) in [4.78, 5) is 12.5. The number of hydrogen-bond donors (Lipinski definition) is 1. The molecule has 0 fully saturated rings. The minimum atomic E-state index is -0.308. The Hall–Kier alpha value is -1.75. The molecule has 1 heterocycles. The van der Waals surface area contributed by atoms with Crippen LogP contribution in [0.5, 0.6) is 0 Å². The molecule has 0 spiro atoms. The fraction of sp³-hybridized carbons (Fsp3) is 0.167. The van der Waals surface area contributed by atoms with Crippen molar-refractivity contribution in [3.63, 3.8) is 0 Å². The van der Waals surface area contributed by atoms with Gasteiger partial charge in [-0.25, -0.2) is 4.79 Å². The van der Waals surface area contributed by atoms with Gasteiger partial charge in [-0.15, -0.1) is 24.2 Å². The Morgan fingerprint density at radius 3 is 2.61 bits per heavy atom. The quantitative estimate of drug-likeness (QED) is 0.414. The first kappa shape index (κ1) is 17.6. The van der Waals surface area contributed by atoms with E-state index in [1.807, 2.05) is 30.0 Å². The van der Waals surface area contributed by atoms with Crippen LogP contribution in [0.25, 0.3) is 11.0 Å². The first-order valence-electron chi connectivity index (χ1n) is 7.23. The van der Waals surface area contributed by atoms with E-state index in [-0.39, 0.29) is 18.0 Å². The molecule has 0 unspecified atom stereocenters. The monoisotopic (exact) mass is 347 g/mol. The highest BCUT2D eigenvalue weighted by Gasteiger charge is 2.00. The van der Waals surface area contributed by atoms with E-state index >= 15 is 0 Å². The zero-order chi connectivity index (χ0) is 15.2. The molecular weight excluding hydrogens is 330 g/mol. The van der Waals surface area contributed by atoms with Gasteiger partial charge in [-0.3, -0.25) is 0 Å². The third-order valence-corrected chi connectivity index (χ3v) is 4.32. The molecule has 0 saturated heterocycles. The van der Waals surface area contributed by atoms with Gasteiger partial charge in [0.15, 0.2) is 0 Å². The summed E-state index contributed by atoms with van der Waals surface area (Å²) in [6, 6.07) is 19.6. The Balaban J connectivity index is 0.00000192. The number of nitrogens with one attached hydrogen (secondary N) is 1. The summed E-state index contributed by atoms with van der Waals surface area (Å²) >= 11 is 1.84. The van der Waals surface area contributed by atoms with Crippen molar-refractivity contribution in [2.24, 2.45) is 0 Å². The summed E-state index contributed by atoms with van der Waals surface area (Å²) in [6.07, 6.45) is 0. The summed E-state index contributed by atoms with van der Waals surface area (Å²) in [5.41, 5.74) is 1.45. The average molecular weight is 348 g/mol. The minimum absolute atomic E-state index is 0. The number of hydrogen-bond acceptors (Lipinski definition) is 4. The summed E-state index contributed by atoms with van der Waals surface area (Å²) in [5.74, 6) is 1.02. The van der Waals surface area contributed by atoms with Crippen molar-refractivity contribution in [3.8, 4) is 0 Å². The number of fused-ring (bicyclic) bond motifs is 1. The number of thioether (sulfide) groups is 1. The lowest BCUT2D eigenvalue weighted by molar-refractivity contribution is 0.560. The van der Waals surface area contributed by atoms with Crippen molar-refractivity contribution in [2.45, 2.75) is 11.4 Å². The fourth-order valence-corrected chi connectivity index (χ4v) is 3.04. The number of rotatable bonds is 6. The van der Waals surface area contributed by atoms with E-state index in [9.17, 15) is 4.79 Å². The average Bonchev–Trinajstić information content (AvgIpc) is 2.55. The number of benzene rings is 2. The molecule has 23 heavy (non-hydrogen) atoms. The van der Waals surface area contributed by atoms with Crippen molar-refractivity contribution in [2.75, 3.05) is 12.3 Å². The smallest absolute Gasteiger partial charge is 0.336 e. The van der Waals surface area contributed by atoms with Crippen molar-refractivity contribution in [1.29, 1.82) is 0 Å². The normalized spacial score (nSPS) is 10.4. The van der Waals surface area contributed by atoms with Crippen LogP contribution in [-0.4, -0.2) is 12.3 Å². The SMILES string of the molecule is Cl.O=c1ccc2ccc(CNCCSc3ccccc3)cc2o1. The van der Waals surface area contributed by atoms with Gasteiger partial charge < -0.3 is 9.73 Å². The van der Waals surface area contributed by atoms with Crippen molar-refractivity contribution < 1.29 is 4.42 Å². The first-order valence-corrected chi connectivity index (χ1v) is 8.21.